The van der Waals surface area contributed by atoms with E-state index in [0.29, 0.717) is 0 Å². The summed E-state index contributed by atoms with van der Waals surface area (Å²) in [5, 5.41) is 12.8. The van der Waals surface area contributed by atoms with Crippen LogP contribution in [0.1, 0.15) is 0 Å². The first-order valence-electron chi connectivity index (χ1n) is 14.2. The van der Waals surface area contributed by atoms with Gasteiger partial charge in [-0.2, -0.15) is 0 Å². The molecule has 1 heterocycles. The fourth-order valence-corrected chi connectivity index (χ4v) is 11.8. The first-order valence-corrected chi connectivity index (χ1v) is 18.2. The molecule has 0 aliphatic heterocycles. The van der Waals surface area contributed by atoms with Gasteiger partial charge in [0.1, 0.15) is 0 Å². The van der Waals surface area contributed by atoms with E-state index >= 15 is 0 Å². The molecule has 0 saturated heterocycles. The summed E-state index contributed by atoms with van der Waals surface area (Å²) in [5.74, 6) is 0. The molecule has 0 amide bonds. The topological polar surface area (TPSA) is 12.9 Å². The van der Waals surface area contributed by atoms with E-state index in [9.17, 15) is 0 Å². The zero-order valence-corrected chi connectivity index (χ0v) is 25.4. The van der Waals surface area contributed by atoms with Crippen LogP contribution < -0.4 is 15.9 Å². The van der Waals surface area contributed by atoms with Crippen molar-refractivity contribution in [3.8, 4) is 11.1 Å². The number of hydrogen-bond donors (Lipinski definition) is 0. The number of benzene rings is 7. The van der Waals surface area contributed by atoms with Crippen molar-refractivity contribution < 1.29 is 0 Å². The Hall–Kier alpha value is -4.32. The van der Waals surface area contributed by atoms with Crippen molar-refractivity contribution in [1.29, 1.82) is 0 Å². The maximum absolute atomic E-state index is 4.79. The zero-order valence-electron chi connectivity index (χ0n) is 22.8. The summed E-state index contributed by atoms with van der Waals surface area (Å²) in [6, 6.07) is 55.3. The van der Waals surface area contributed by atoms with Crippen molar-refractivity contribution in [3.63, 3.8) is 0 Å². The van der Waals surface area contributed by atoms with Crippen LogP contribution in [0.5, 0.6) is 0 Å². The Balaban J connectivity index is 1.37. The number of aromatic nitrogens is 1. The van der Waals surface area contributed by atoms with Crippen LogP contribution in [0.25, 0.3) is 54.3 Å². The molecular weight excluding hydrogens is 592 g/mol. The van der Waals surface area contributed by atoms with Gasteiger partial charge >= 0.3 is 254 Å². The molecule has 0 saturated carbocycles. The van der Waals surface area contributed by atoms with E-state index < -0.39 is 5.51 Å². The van der Waals surface area contributed by atoms with E-state index in [1.807, 2.05) is 12.3 Å². The van der Waals surface area contributed by atoms with Crippen LogP contribution in [-0.4, -0.2) is 20.1 Å². The van der Waals surface area contributed by atoms with E-state index in [-0.39, 0.29) is 0 Å². The van der Waals surface area contributed by atoms with Crippen molar-refractivity contribution in [2.24, 2.45) is 0 Å². The van der Waals surface area contributed by atoms with Crippen LogP contribution in [0.4, 0.5) is 0 Å². The average molecular weight is 619 g/mol. The summed E-state index contributed by atoms with van der Waals surface area (Å²) in [6.45, 7) is 0. The first-order chi connectivity index (χ1) is 20.7. The van der Waals surface area contributed by atoms with Crippen LogP contribution >= 0.6 is 5.51 Å². The molecule has 0 N–H and O–H groups in total. The molecule has 0 fully saturated rings. The van der Waals surface area contributed by atoms with Gasteiger partial charge in [-0.15, -0.1) is 0 Å². The van der Waals surface area contributed by atoms with Crippen molar-refractivity contribution in [2.75, 3.05) is 0 Å². The number of fused-ring (bicyclic) bond motifs is 5. The minimum atomic E-state index is -2.05. The Morgan fingerprint density at radius 2 is 1.10 bits per heavy atom. The van der Waals surface area contributed by atoms with Crippen LogP contribution in [0.15, 0.2) is 158 Å². The van der Waals surface area contributed by atoms with Crippen molar-refractivity contribution >= 4 is 79.7 Å². The van der Waals surface area contributed by atoms with Crippen molar-refractivity contribution in [2.45, 2.75) is 0 Å². The van der Waals surface area contributed by atoms with Gasteiger partial charge < -0.3 is 0 Å². The van der Waals surface area contributed by atoms with Crippen molar-refractivity contribution in [3.05, 3.63) is 158 Å². The van der Waals surface area contributed by atoms with Gasteiger partial charge in [-0.3, -0.25) is 0 Å². The van der Waals surface area contributed by atoms with Gasteiger partial charge in [0.05, 0.1) is 0 Å². The van der Waals surface area contributed by atoms with Crippen LogP contribution in [0.2, 0.25) is 0 Å². The second kappa shape index (κ2) is 10.2. The number of nitrogens with zero attached hydrogens (tertiary/aromatic N) is 1. The molecule has 0 radical (unpaired) electrons. The monoisotopic (exact) mass is 619 g/mol. The first kappa shape index (κ1) is 25.4. The van der Waals surface area contributed by atoms with Crippen LogP contribution in [0, 0.1) is 0 Å². The van der Waals surface area contributed by atoms with E-state index in [4.69, 9.17) is 4.98 Å². The Labute approximate surface area is 252 Å². The fourth-order valence-electron chi connectivity index (χ4n) is 6.39. The predicted octanol–water partition coefficient (Wildman–Crippen LogP) is 8.74. The molecule has 42 heavy (non-hydrogen) atoms. The zero-order chi connectivity index (χ0) is 28.1. The summed E-state index contributed by atoms with van der Waals surface area (Å²) >= 11 is 3.77. The number of pyridine rings is 1. The van der Waals surface area contributed by atoms with E-state index in [2.05, 4.69) is 161 Å². The number of hydrogen-bond acceptors (Lipinski definition) is 1. The van der Waals surface area contributed by atoms with E-state index in [0.717, 1.165) is 5.52 Å². The molecule has 1 atom stereocenters. The molecule has 1 unspecified atom stereocenters. The van der Waals surface area contributed by atoms with Gasteiger partial charge in [-0.25, -0.2) is 0 Å². The molecule has 3 heteroatoms. The quantitative estimate of drug-likeness (QED) is 0.0832. The Morgan fingerprint density at radius 1 is 0.452 bits per heavy atom. The summed E-state index contributed by atoms with van der Waals surface area (Å²) in [4.78, 5) is 4.79. The SMILES string of the molecule is [Se]=P(c1ccccc1)(c1ccc(-c2c3cccnc3cc3c2ccc2ccccc23)cc1)c1cccc2ccccc12. The Bertz CT molecular complexity index is 2320. The van der Waals surface area contributed by atoms with Gasteiger partial charge in [-0.05, 0) is 0 Å². The molecule has 8 aromatic rings. The molecular formula is C39H26NPSe. The minimum absolute atomic E-state index is 1.02. The Kier molecular flexibility index (Phi) is 6.16. The van der Waals surface area contributed by atoms with E-state index in [1.165, 1.54) is 64.7 Å². The molecule has 1 aromatic heterocycles. The molecule has 0 aliphatic rings. The molecule has 0 aliphatic carbocycles. The summed E-state index contributed by atoms with van der Waals surface area (Å²) in [5.41, 5.74) is 1.41. The second-order valence-electron chi connectivity index (χ2n) is 10.7. The summed E-state index contributed by atoms with van der Waals surface area (Å²) < 4.78 is 0. The molecule has 0 bridgehead atoms. The van der Waals surface area contributed by atoms with Gasteiger partial charge in [-0.1, -0.05) is 0 Å². The predicted molar refractivity (Wildman–Crippen MR) is 184 cm³/mol. The fraction of sp³-hybridized carbons (Fsp3) is 0. The maximum atomic E-state index is 4.79. The molecule has 7 aromatic carbocycles. The van der Waals surface area contributed by atoms with Gasteiger partial charge in [0.15, 0.2) is 0 Å². The third-order valence-electron chi connectivity index (χ3n) is 8.37. The normalized spacial score (nSPS) is 13.0. The van der Waals surface area contributed by atoms with Crippen LogP contribution in [-0.2, 0) is 0 Å². The third-order valence-corrected chi connectivity index (χ3v) is 15.4. The summed E-state index contributed by atoms with van der Waals surface area (Å²) in [7, 11) is 0. The Morgan fingerprint density at radius 3 is 1.90 bits per heavy atom. The van der Waals surface area contributed by atoms with Gasteiger partial charge in [0, 0.05) is 0 Å². The molecule has 0 spiro atoms. The summed E-state index contributed by atoms with van der Waals surface area (Å²) in [6.07, 6.45) is 1.89. The number of rotatable bonds is 4. The second-order valence-corrected chi connectivity index (χ2v) is 16.9. The van der Waals surface area contributed by atoms with Gasteiger partial charge in [0.25, 0.3) is 0 Å². The van der Waals surface area contributed by atoms with Gasteiger partial charge in [0.2, 0.25) is 0 Å². The molecule has 198 valence electrons. The van der Waals surface area contributed by atoms with E-state index in [1.54, 1.807) is 0 Å². The molecule has 8 rings (SSSR count). The third kappa shape index (κ3) is 3.99. The van der Waals surface area contributed by atoms with Crippen molar-refractivity contribution in [1.82, 2.24) is 4.98 Å². The standard InChI is InChI=1S/C39H26NPSe/c42-41(30-13-2-1-3-14-30,38-18-8-12-27-10-5-7-16-33(27)38)31-22-19-29(20-23-31)39-34-24-21-28-11-4-6-15-32(28)36(34)26-37-35(39)17-9-25-40-37/h1-26H. The average Bonchev–Trinajstić information content (AvgIpc) is 3.07. The van der Waals surface area contributed by atoms with Crippen LogP contribution in [0.3, 0.4) is 0 Å². The molecule has 1 nitrogen and oxygen atoms in total.